The van der Waals surface area contributed by atoms with E-state index in [0.717, 1.165) is 41.8 Å². The Morgan fingerprint density at radius 1 is 1.20 bits per heavy atom. The molecule has 0 spiro atoms. The third kappa shape index (κ3) is 6.22. The maximum Gasteiger partial charge on any atom is 0.126 e. The molecule has 5 nitrogen and oxygen atoms in total. The summed E-state index contributed by atoms with van der Waals surface area (Å²) in [4.78, 5) is 4.67. The summed E-state index contributed by atoms with van der Waals surface area (Å²) in [5, 5.41) is 10.9. The molecule has 0 saturated heterocycles. The lowest BCUT2D eigenvalue weighted by Crippen LogP contribution is -2.57. The Labute approximate surface area is 181 Å². The molecule has 0 radical (unpaired) electrons. The zero-order valence-corrected chi connectivity index (χ0v) is 17.8. The van der Waals surface area contributed by atoms with Gasteiger partial charge in [0, 0.05) is 30.6 Å². The molecule has 0 fully saturated rings. The second-order valence-electron chi connectivity index (χ2n) is 7.71. The van der Waals surface area contributed by atoms with E-state index < -0.39 is 11.6 Å². The fraction of sp³-hybridized carbons (Fsp3) is 0.409. The number of anilines is 1. The molecule has 0 aliphatic carbocycles. The van der Waals surface area contributed by atoms with Crippen molar-refractivity contribution in [2.45, 2.75) is 38.4 Å². The van der Waals surface area contributed by atoms with Crippen molar-refractivity contribution in [3.05, 3.63) is 64.3 Å². The molecule has 2 heterocycles. The second kappa shape index (κ2) is 10.3. The van der Waals surface area contributed by atoms with Crippen LogP contribution in [0.15, 0.2) is 41.4 Å². The van der Waals surface area contributed by atoms with Crippen LogP contribution in [0.25, 0.3) is 5.57 Å². The quantitative estimate of drug-likeness (QED) is 0.449. The maximum absolute atomic E-state index is 13.4. The van der Waals surface area contributed by atoms with Gasteiger partial charge in [0.2, 0.25) is 0 Å². The monoisotopic (exact) mass is 435 g/mol. The van der Waals surface area contributed by atoms with Crippen molar-refractivity contribution in [1.82, 2.24) is 15.6 Å². The van der Waals surface area contributed by atoms with Gasteiger partial charge in [-0.1, -0.05) is 17.7 Å². The molecular formula is C22H28ClF2N5. The summed E-state index contributed by atoms with van der Waals surface area (Å²) in [5.41, 5.74) is 7.55. The van der Waals surface area contributed by atoms with E-state index in [4.69, 9.17) is 17.3 Å². The third-order valence-electron chi connectivity index (χ3n) is 5.09. The first-order valence-electron chi connectivity index (χ1n) is 10.1. The van der Waals surface area contributed by atoms with Crippen molar-refractivity contribution < 1.29 is 8.78 Å². The predicted molar refractivity (Wildman–Crippen MR) is 118 cm³/mol. The Morgan fingerprint density at radius 3 is 2.70 bits per heavy atom. The van der Waals surface area contributed by atoms with Gasteiger partial charge in [0.15, 0.2) is 0 Å². The fourth-order valence-corrected chi connectivity index (χ4v) is 3.72. The van der Waals surface area contributed by atoms with Crippen LogP contribution in [0.3, 0.4) is 0 Å². The van der Waals surface area contributed by atoms with Gasteiger partial charge in [0.05, 0.1) is 11.4 Å². The lowest BCUT2D eigenvalue weighted by Gasteiger charge is -2.37. The molecule has 3 rings (SSSR count). The SMILES string of the molecule is CC1(NCCCCN)CC(c2cccc(NCc3cc(F)cc(F)c3)n2)=C(Cl)CN1. The first kappa shape index (κ1) is 22.6. The Morgan fingerprint density at radius 2 is 1.97 bits per heavy atom. The summed E-state index contributed by atoms with van der Waals surface area (Å²) in [5.74, 6) is -0.581. The Bertz CT molecular complexity index is 885. The number of aromatic nitrogens is 1. The highest BCUT2D eigenvalue weighted by Crippen LogP contribution is 2.32. The lowest BCUT2D eigenvalue weighted by molar-refractivity contribution is 0.288. The normalized spacial score (nSPS) is 19.2. The van der Waals surface area contributed by atoms with E-state index in [1.54, 1.807) is 0 Å². The molecule has 1 aliphatic rings. The van der Waals surface area contributed by atoms with Gasteiger partial charge in [-0.15, -0.1) is 0 Å². The van der Waals surface area contributed by atoms with Gasteiger partial charge in [-0.3, -0.25) is 10.6 Å². The molecule has 1 atom stereocenters. The van der Waals surface area contributed by atoms with Gasteiger partial charge >= 0.3 is 0 Å². The Balaban J connectivity index is 1.69. The number of unbranched alkanes of at least 4 members (excludes halogenated alkanes) is 1. The summed E-state index contributed by atoms with van der Waals surface area (Å²) in [6.07, 6.45) is 2.68. The fourth-order valence-electron chi connectivity index (χ4n) is 3.49. The lowest BCUT2D eigenvalue weighted by atomic mass is 9.94. The number of hydrogen-bond donors (Lipinski definition) is 4. The second-order valence-corrected chi connectivity index (χ2v) is 8.16. The van der Waals surface area contributed by atoms with Crippen molar-refractivity contribution in [3.8, 4) is 0 Å². The molecular weight excluding hydrogens is 408 g/mol. The maximum atomic E-state index is 13.4. The minimum Gasteiger partial charge on any atom is -0.366 e. The number of hydrogen-bond acceptors (Lipinski definition) is 5. The molecule has 0 saturated carbocycles. The molecule has 1 aromatic carbocycles. The van der Waals surface area contributed by atoms with Crippen LogP contribution in [0.1, 0.15) is 37.4 Å². The molecule has 162 valence electrons. The number of nitrogens with two attached hydrogens (primary N) is 1. The van der Waals surface area contributed by atoms with Gasteiger partial charge < -0.3 is 11.1 Å². The molecule has 1 unspecified atom stereocenters. The topological polar surface area (TPSA) is 75.0 Å². The minimum absolute atomic E-state index is 0.264. The first-order chi connectivity index (χ1) is 14.4. The number of rotatable bonds is 9. The zero-order valence-electron chi connectivity index (χ0n) is 17.1. The molecule has 1 aromatic heterocycles. The van der Waals surface area contributed by atoms with E-state index in [-0.39, 0.29) is 12.2 Å². The van der Waals surface area contributed by atoms with Crippen molar-refractivity contribution in [1.29, 1.82) is 0 Å². The number of nitrogens with one attached hydrogen (secondary N) is 3. The van der Waals surface area contributed by atoms with Crippen molar-refractivity contribution in [2.75, 3.05) is 25.0 Å². The van der Waals surface area contributed by atoms with Crippen LogP contribution in [0.4, 0.5) is 14.6 Å². The highest BCUT2D eigenvalue weighted by atomic mass is 35.5. The molecule has 0 amide bonds. The highest BCUT2D eigenvalue weighted by Gasteiger charge is 2.31. The van der Waals surface area contributed by atoms with E-state index in [1.807, 2.05) is 18.2 Å². The number of benzene rings is 1. The van der Waals surface area contributed by atoms with Crippen LogP contribution >= 0.6 is 11.6 Å². The van der Waals surface area contributed by atoms with E-state index in [0.29, 0.717) is 30.9 Å². The number of halogens is 3. The predicted octanol–water partition coefficient (Wildman–Crippen LogP) is 3.96. The van der Waals surface area contributed by atoms with Crippen molar-refractivity contribution >= 4 is 23.0 Å². The van der Waals surface area contributed by atoms with Crippen LogP contribution in [0, 0.1) is 11.6 Å². The van der Waals surface area contributed by atoms with Gasteiger partial charge in [-0.25, -0.2) is 13.8 Å². The minimum atomic E-state index is -0.599. The average molecular weight is 436 g/mol. The van der Waals surface area contributed by atoms with Crippen LogP contribution in [-0.2, 0) is 6.54 Å². The largest absolute Gasteiger partial charge is 0.366 e. The van der Waals surface area contributed by atoms with E-state index in [2.05, 4.69) is 27.9 Å². The summed E-state index contributed by atoms with van der Waals surface area (Å²) >= 11 is 6.52. The molecule has 2 aromatic rings. The molecule has 8 heteroatoms. The van der Waals surface area contributed by atoms with Gasteiger partial charge in [-0.2, -0.15) is 0 Å². The van der Waals surface area contributed by atoms with Crippen LogP contribution in [-0.4, -0.2) is 30.3 Å². The molecule has 30 heavy (non-hydrogen) atoms. The summed E-state index contributed by atoms with van der Waals surface area (Å²) in [6.45, 7) is 4.48. The summed E-state index contributed by atoms with van der Waals surface area (Å²) in [7, 11) is 0. The van der Waals surface area contributed by atoms with E-state index in [1.165, 1.54) is 12.1 Å². The Kier molecular flexibility index (Phi) is 7.77. The summed E-state index contributed by atoms with van der Waals surface area (Å²) in [6, 6.07) is 9.09. The van der Waals surface area contributed by atoms with Crippen LogP contribution in [0.5, 0.6) is 0 Å². The van der Waals surface area contributed by atoms with E-state index in [9.17, 15) is 8.78 Å². The third-order valence-corrected chi connectivity index (χ3v) is 5.45. The Hall–Kier alpha value is -2.06. The van der Waals surface area contributed by atoms with Gasteiger partial charge in [-0.05, 0) is 68.3 Å². The average Bonchev–Trinajstić information content (AvgIpc) is 2.71. The van der Waals surface area contributed by atoms with Crippen molar-refractivity contribution in [2.24, 2.45) is 5.73 Å². The molecule has 0 bridgehead atoms. The van der Waals surface area contributed by atoms with E-state index >= 15 is 0 Å². The zero-order chi connectivity index (χ0) is 21.6. The standard InChI is InChI=1S/C22H28ClF2N5/c1-22(28-8-3-2-7-26)12-18(19(23)14-29-22)20-5-4-6-21(30-20)27-13-15-9-16(24)11-17(25)10-15/h4-6,9-11,28-29H,2-3,7-8,12-14,26H2,1H3,(H,27,30). The van der Waals surface area contributed by atoms with Crippen LogP contribution < -0.4 is 21.7 Å². The summed E-state index contributed by atoms with van der Waals surface area (Å²) < 4.78 is 26.8. The number of pyridine rings is 1. The molecule has 5 N–H and O–H groups in total. The first-order valence-corrected chi connectivity index (χ1v) is 10.5. The highest BCUT2D eigenvalue weighted by molar-refractivity contribution is 6.33. The van der Waals surface area contributed by atoms with Crippen molar-refractivity contribution in [3.63, 3.8) is 0 Å². The molecule has 1 aliphatic heterocycles. The smallest absolute Gasteiger partial charge is 0.126 e. The number of nitrogens with zero attached hydrogens (tertiary/aromatic N) is 1. The van der Waals surface area contributed by atoms with Gasteiger partial charge in [0.1, 0.15) is 17.5 Å². The van der Waals surface area contributed by atoms with Crippen LogP contribution in [0.2, 0.25) is 0 Å². The van der Waals surface area contributed by atoms with Gasteiger partial charge in [0.25, 0.3) is 0 Å².